The lowest BCUT2D eigenvalue weighted by atomic mass is 10.2. The number of benzene rings is 2. The third-order valence-corrected chi connectivity index (χ3v) is 3.71. The van der Waals surface area contributed by atoms with Crippen LogP contribution in [0.2, 0.25) is 0 Å². The first-order valence-corrected chi connectivity index (χ1v) is 9.46. The van der Waals surface area contributed by atoms with Gasteiger partial charge in [-0.1, -0.05) is 26.5 Å². The third kappa shape index (κ3) is 7.40. The van der Waals surface area contributed by atoms with Crippen molar-refractivity contribution >= 4 is 28.9 Å². The van der Waals surface area contributed by atoms with Gasteiger partial charge < -0.3 is 14.8 Å². The fraction of sp³-hybridized carbons (Fsp3) is 0.273. The van der Waals surface area contributed by atoms with E-state index >= 15 is 0 Å². The van der Waals surface area contributed by atoms with Crippen molar-refractivity contribution in [3.63, 3.8) is 0 Å². The molecule has 0 radical (unpaired) electrons. The van der Waals surface area contributed by atoms with Gasteiger partial charge in [0.05, 0.1) is 6.61 Å². The molecule has 2 N–H and O–H groups in total. The molecule has 0 aliphatic carbocycles. The number of rotatable bonds is 8. The molecule has 0 spiro atoms. The van der Waals surface area contributed by atoms with E-state index in [1.807, 2.05) is 31.2 Å². The lowest BCUT2D eigenvalue weighted by Crippen LogP contribution is -2.34. The Labute approximate surface area is 171 Å². The maximum Gasteiger partial charge on any atom is 0.257 e. The highest BCUT2D eigenvalue weighted by molar-refractivity contribution is 7.80. The summed E-state index contributed by atoms with van der Waals surface area (Å²) in [5.41, 5.74) is 2.16. The van der Waals surface area contributed by atoms with Crippen molar-refractivity contribution in [3.8, 4) is 11.5 Å². The quantitative estimate of drug-likeness (QED) is 0.494. The largest absolute Gasteiger partial charge is 0.493 e. The van der Waals surface area contributed by atoms with Gasteiger partial charge in [-0.05, 0) is 67.0 Å². The van der Waals surface area contributed by atoms with Gasteiger partial charge in [0.1, 0.15) is 18.1 Å². The first-order chi connectivity index (χ1) is 13.3. The Hall–Kier alpha value is -2.86. The second-order valence-corrected chi connectivity index (χ2v) is 7.32. The zero-order valence-electron chi connectivity index (χ0n) is 16.5. The number of nitrogens with one attached hydrogen (secondary N) is 2. The molecule has 28 heavy (non-hydrogen) atoms. The van der Waals surface area contributed by atoms with Crippen LogP contribution >= 0.6 is 12.2 Å². The lowest BCUT2D eigenvalue weighted by molar-refractivity contribution is 0.0977. The zero-order valence-corrected chi connectivity index (χ0v) is 17.3. The van der Waals surface area contributed by atoms with Crippen LogP contribution in [0.25, 0.3) is 0 Å². The van der Waals surface area contributed by atoms with Gasteiger partial charge in [-0.3, -0.25) is 10.1 Å². The van der Waals surface area contributed by atoms with Gasteiger partial charge in [-0.25, -0.2) is 0 Å². The molecule has 0 fully saturated rings. The Morgan fingerprint density at radius 2 is 1.82 bits per heavy atom. The van der Waals surface area contributed by atoms with Crippen LogP contribution in [-0.2, 0) is 0 Å². The van der Waals surface area contributed by atoms with E-state index in [0.29, 0.717) is 30.4 Å². The molecule has 5 nitrogen and oxygen atoms in total. The average Bonchev–Trinajstić information content (AvgIpc) is 2.65. The molecule has 2 rings (SSSR count). The number of thiocarbonyl (C=S) groups is 1. The molecular weight excluding hydrogens is 372 g/mol. The number of amides is 1. The number of carbonyl (C=O) groups excluding carboxylic acids is 1. The summed E-state index contributed by atoms with van der Waals surface area (Å²) in [6.45, 7) is 10.9. The normalized spacial score (nSPS) is 10.3. The predicted octanol–water partition coefficient (Wildman–Crippen LogP) is 4.80. The SMILES string of the molecule is C=C(C)COc1cccc(NC(=S)NC(=O)c2ccc(OCC(C)C)cc2)c1. The van der Waals surface area contributed by atoms with Gasteiger partial charge in [0, 0.05) is 17.3 Å². The van der Waals surface area contributed by atoms with E-state index in [2.05, 4.69) is 31.1 Å². The van der Waals surface area contributed by atoms with Crippen LogP contribution in [0.1, 0.15) is 31.1 Å². The van der Waals surface area contributed by atoms with Crippen LogP contribution in [0.15, 0.2) is 60.7 Å². The molecule has 0 aliphatic heterocycles. The van der Waals surface area contributed by atoms with E-state index < -0.39 is 0 Å². The molecule has 0 saturated carbocycles. The highest BCUT2D eigenvalue weighted by atomic mass is 32.1. The molecule has 0 aromatic heterocycles. The maximum atomic E-state index is 12.4. The van der Waals surface area contributed by atoms with Crippen molar-refractivity contribution in [2.24, 2.45) is 5.92 Å². The molecule has 0 atom stereocenters. The average molecular weight is 399 g/mol. The summed E-state index contributed by atoms with van der Waals surface area (Å²) in [5.74, 6) is 1.58. The minimum atomic E-state index is -0.289. The monoisotopic (exact) mass is 398 g/mol. The predicted molar refractivity (Wildman–Crippen MR) is 117 cm³/mol. The fourth-order valence-corrected chi connectivity index (χ4v) is 2.38. The molecule has 0 aliphatic rings. The number of ether oxygens (including phenoxy) is 2. The van der Waals surface area contributed by atoms with Gasteiger partial charge in [-0.2, -0.15) is 0 Å². The Kier molecular flexibility index (Phi) is 8.02. The molecule has 0 saturated heterocycles. The minimum absolute atomic E-state index is 0.210. The Balaban J connectivity index is 1.89. The van der Waals surface area contributed by atoms with Gasteiger partial charge in [0.15, 0.2) is 5.11 Å². The van der Waals surface area contributed by atoms with Crippen molar-refractivity contribution < 1.29 is 14.3 Å². The summed E-state index contributed by atoms with van der Waals surface area (Å²) in [6, 6.07) is 14.3. The lowest BCUT2D eigenvalue weighted by Gasteiger charge is -2.12. The van der Waals surface area contributed by atoms with Crippen molar-refractivity contribution in [2.75, 3.05) is 18.5 Å². The fourth-order valence-electron chi connectivity index (χ4n) is 2.17. The second-order valence-electron chi connectivity index (χ2n) is 6.91. The van der Waals surface area contributed by atoms with E-state index in [9.17, 15) is 4.79 Å². The molecule has 2 aromatic rings. The second kappa shape index (κ2) is 10.5. The van der Waals surface area contributed by atoms with Gasteiger partial charge >= 0.3 is 0 Å². The Bertz CT molecular complexity index is 832. The van der Waals surface area contributed by atoms with Crippen molar-refractivity contribution in [1.82, 2.24) is 5.32 Å². The molecule has 0 heterocycles. The molecule has 148 valence electrons. The first-order valence-electron chi connectivity index (χ1n) is 9.06. The first kappa shape index (κ1) is 21.4. The summed E-state index contributed by atoms with van der Waals surface area (Å²) < 4.78 is 11.2. The highest BCUT2D eigenvalue weighted by Gasteiger charge is 2.09. The zero-order chi connectivity index (χ0) is 20.5. The number of carbonyl (C=O) groups is 1. The van der Waals surface area contributed by atoms with Crippen LogP contribution in [0, 0.1) is 5.92 Å². The molecular formula is C22H26N2O3S. The third-order valence-electron chi connectivity index (χ3n) is 3.50. The van der Waals surface area contributed by atoms with Crippen LogP contribution in [-0.4, -0.2) is 24.2 Å². The van der Waals surface area contributed by atoms with E-state index in [0.717, 1.165) is 17.0 Å². The number of hydrogen-bond acceptors (Lipinski definition) is 4. The number of anilines is 1. The van der Waals surface area contributed by atoms with Gasteiger partial charge in [0.25, 0.3) is 5.91 Å². The van der Waals surface area contributed by atoms with Crippen LogP contribution in [0.4, 0.5) is 5.69 Å². The highest BCUT2D eigenvalue weighted by Crippen LogP contribution is 2.18. The standard InChI is InChI=1S/C22H26N2O3S/c1-15(2)13-26-19-10-8-17(9-11-19)21(25)24-22(28)23-18-6-5-7-20(12-18)27-14-16(3)4/h5-12,15H,3,13-14H2,1-2,4H3,(H2,23,24,25,28). The van der Waals surface area contributed by atoms with Crippen LogP contribution < -0.4 is 20.1 Å². The molecule has 0 bridgehead atoms. The van der Waals surface area contributed by atoms with E-state index in [1.54, 1.807) is 24.3 Å². The van der Waals surface area contributed by atoms with Crippen molar-refractivity contribution in [1.29, 1.82) is 0 Å². The van der Waals surface area contributed by atoms with Gasteiger partial charge in [0.2, 0.25) is 0 Å². The van der Waals surface area contributed by atoms with Gasteiger partial charge in [-0.15, -0.1) is 0 Å². The molecule has 1 amide bonds. The smallest absolute Gasteiger partial charge is 0.257 e. The van der Waals surface area contributed by atoms with Crippen molar-refractivity contribution in [2.45, 2.75) is 20.8 Å². The van der Waals surface area contributed by atoms with Crippen LogP contribution in [0.5, 0.6) is 11.5 Å². The summed E-state index contributed by atoms with van der Waals surface area (Å²) in [4.78, 5) is 12.4. The van der Waals surface area contributed by atoms with Crippen LogP contribution in [0.3, 0.4) is 0 Å². The topological polar surface area (TPSA) is 59.6 Å². The van der Waals surface area contributed by atoms with E-state index in [4.69, 9.17) is 21.7 Å². The summed E-state index contributed by atoms with van der Waals surface area (Å²) in [5, 5.41) is 5.87. The molecule has 0 unspecified atom stereocenters. The summed E-state index contributed by atoms with van der Waals surface area (Å²) in [6.07, 6.45) is 0. The Morgan fingerprint density at radius 3 is 2.46 bits per heavy atom. The number of hydrogen-bond donors (Lipinski definition) is 2. The minimum Gasteiger partial charge on any atom is -0.493 e. The van der Waals surface area contributed by atoms with Crippen molar-refractivity contribution in [3.05, 3.63) is 66.2 Å². The van der Waals surface area contributed by atoms with E-state index in [1.165, 1.54) is 0 Å². The molecule has 2 aromatic carbocycles. The van der Waals surface area contributed by atoms with E-state index in [-0.39, 0.29) is 11.0 Å². The molecule has 6 heteroatoms. The Morgan fingerprint density at radius 1 is 1.11 bits per heavy atom. The summed E-state index contributed by atoms with van der Waals surface area (Å²) >= 11 is 5.24. The maximum absolute atomic E-state index is 12.4. The summed E-state index contributed by atoms with van der Waals surface area (Å²) in [7, 11) is 0.